The predicted molar refractivity (Wildman–Crippen MR) is 123 cm³/mol. The molecule has 0 aliphatic carbocycles. The summed E-state index contributed by atoms with van der Waals surface area (Å²) in [5.74, 6) is 0.109. The number of hydrogen-bond acceptors (Lipinski definition) is 5. The van der Waals surface area contributed by atoms with Crippen LogP contribution in [0.4, 0.5) is 5.69 Å². The molecule has 0 aliphatic heterocycles. The molecule has 0 spiro atoms. The second-order valence-corrected chi connectivity index (χ2v) is 7.90. The number of rotatable bonds is 7. The molecule has 3 rings (SSSR count). The molecule has 1 N–H and O–H groups in total. The van der Waals surface area contributed by atoms with Gasteiger partial charge in [-0.05, 0) is 60.5 Å². The van der Waals surface area contributed by atoms with Crippen molar-refractivity contribution in [1.82, 2.24) is 5.43 Å². The minimum atomic E-state index is -0.452. The van der Waals surface area contributed by atoms with Gasteiger partial charge in [-0.1, -0.05) is 33.6 Å². The Bertz CT molecular complexity index is 1150. The fraction of sp³-hybridized carbons (Fsp3) is 0.0909. The van der Waals surface area contributed by atoms with Gasteiger partial charge < -0.3 is 4.74 Å². The van der Waals surface area contributed by atoms with Crippen LogP contribution in [0.1, 0.15) is 27.0 Å². The molecular formula is C22H17BrClN3O4. The number of carbonyl (C=O) groups excluding carboxylic acids is 1. The number of nitrogens with one attached hydrogen (secondary N) is 1. The smallest absolute Gasteiger partial charge is 0.272 e. The number of non-ortho nitro benzene ring substituents is 1. The molecule has 7 nitrogen and oxygen atoms in total. The number of hydrazone groups is 1. The third-order valence-corrected chi connectivity index (χ3v) is 5.06. The van der Waals surface area contributed by atoms with Gasteiger partial charge in [-0.25, -0.2) is 5.43 Å². The maximum atomic E-state index is 12.3. The summed E-state index contributed by atoms with van der Waals surface area (Å²) in [7, 11) is 0. The van der Waals surface area contributed by atoms with Crippen LogP contribution in [0, 0.1) is 17.0 Å². The number of halogens is 2. The molecule has 3 aromatic rings. The number of aryl methyl sites for hydroxylation is 1. The summed E-state index contributed by atoms with van der Waals surface area (Å²) >= 11 is 9.52. The lowest BCUT2D eigenvalue weighted by Crippen LogP contribution is -2.18. The summed E-state index contributed by atoms with van der Waals surface area (Å²) in [6, 6.07) is 16.6. The SMILES string of the molecule is Cc1ccc(C(=O)N/N=C\c2cc(Br)ccc2OCc2ccc([N+](=O)[O-])cc2)c(Cl)c1. The summed E-state index contributed by atoms with van der Waals surface area (Å²) in [6.45, 7) is 2.10. The first kappa shape index (κ1) is 22.5. The van der Waals surface area contributed by atoms with Crippen molar-refractivity contribution in [3.63, 3.8) is 0 Å². The molecule has 0 fully saturated rings. The van der Waals surface area contributed by atoms with Crippen LogP contribution in [0.15, 0.2) is 70.2 Å². The lowest BCUT2D eigenvalue weighted by Gasteiger charge is -2.10. The second-order valence-electron chi connectivity index (χ2n) is 6.58. The van der Waals surface area contributed by atoms with E-state index in [1.165, 1.54) is 18.3 Å². The monoisotopic (exact) mass is 501 g/mol. The Morgan fingerprint density at radius 3 is 2.61 bits per heavy atom. The molecule has 9 heteroatoms. The summed E-state index contributed by atoms with van der Waals surface area (Å²) in [5, 5.41) is 15.1. The molecule has 0 heterocycles. The largest absolute Gasteiger partial charge is 0.488 e. The first-order valence-corrected chi connectivity index (χ1v) is 10.3. The van der Waals surface area contributed by atoms with Crippen molar-refractivity contribution in [3.05, 3.63) is 103 Å². The van der Waals surface area contributed by atoms with Crippen molar-refractivity contribution >= 4 is 45.3 Å². The molecule has 0 aliphatic rings. The Hall–Kier alpha value is -3.23. The van der Waals surface area contributed by atoms with E-state index >= 15 is 0 Å². The molecule has 0 bridgehead atoms. The Labute approximate surface area is 192 Å². The highest BCUT2D eigenvalue weighted by Gasteiger charge is 2.10. The quantitative estimate of drug-likeness (QED) is 0.256. The normalized spacial score (nSPS) is 10.8. The average Bonchev–Trinajstić information content (AvgIpc) is 2.73. The Balaban J connectivity index is 1.69. The highest BCUT2D eigenvalue weighted by Crippen LogP contribution is 2.23. The molecule has 0 unspecified atom stereocenters. The number of carbonyl (C=O) groups is 1. The van der Waals surface area contributed by atoms with E-state index in [4.69, 9.17) is 16.3 Å². The molecule has 1 amide bonds. The minimum absolute atomic E-state index is 0.0182. The number of nitrogens with zero attached hydrogens (tertiary/aromatic N) is 2. The standard InChI is InChI=1S/C22H17BrClN3O4/c1-14-2-8-19(20(24)10-14)22(28)26-25-12-16-11-17(23)5-9-21(16)31-13-15-3-6-18(7-4-15)27(29)30/h2-12H,13H2,1H3,(H,26,28)/b25-12-. The van der Waals surface area contributed by atoms with Crippen molar-refractivity contribution in [2.75, 3.05) is 0 Å². The molecule has 0 saturated heterocycles. The van der Waals surface area contributed by atoms with Crippen LogP contribution in [0.5, 0.6) is 5.75 Å². The van der Waals surface area contributed by atoms with Crippen LogP contribution in [-0.2, 0) is 6.61 Å². The summed E-state index contributed by atoms with van der Waals surface area (Å²) < 4.78 is 6.65. The zero-order chi connectivity index (χ0) is 22.4. The number of nitro benzene ring substituents is 1. The maximum absolute atomic E-state index is 12.3. The molecule has 0 atom stereocenters. The number of ether oxygens (including phenoxy) is 1. The Morgan fingerprint density at radius 1 is 1.19 bits per heavy atom. The zero-order valence-corrected chi connectivity index (χ0v) is 18.7. The van der Waals surface area contributed by atoms with Gasteiger partial charge in [-0.15, -0.1) is 0 Å². The lowest BCUT2D eigenvalue weighted by atomic mass is 10.1. The third-order valence-electron chi connectivity index (χ3n) is 4.25. The minimum Gasteiger partial charge on any atom is -0.488 e. The summed E-state index contributed by atoms with van der Waals surface area (Å²) in [5.41, 5.74) is 5.16. The first-order chi connectivity index (χ1) is 14.8. The van der Waals surface area contributed by atoms with Gasteiger partial charge in [-0.3, -0.25) is 14.9 Å². The predicted octanol–water partition coefficient (Wildman–Crippen LogP) is 5.66. The third kappa shape index (κ3) is 6.13. The topological polar surface area (TPSA) is 93.8 Å². The van der Waals surface area contributed by atoms with Crippen molar-refractivity contribution < 1.29 is 14.5 Å². The fourth-order valence-corrected chi connectivity index (χ4v) is 3.35. The molecule has 31 heavy (non-hydrogen) atoms. The van der Waals surface area contributed by atoms with Crippen molar-refractivity contribution in [2.24, 2.45) is 5.10 Å². The van der Waals surface area contributed by atoms with E-state index < -0.39 is 10.8 Å². The van der Waals surface area contributed by atoms with E-state index in [-0.39, 0.29) is 12.3 Å². The van der Waals surface area contributed by atoms with Gasteiger partial charge in [0, 0.05) is 22.2 Å². The summed E-state index contributed by atoms with van der Waals surface area (Å²) in [6.07, 6.45) is 1.47. The Morgan fingerprint density at radius 2 is 1.94 bits per heavy atom. The first-order valence-electron chi connectivity index (χ1n) is 9.09. The van der Waals surface area contributed by atoms with Crippen LogP contribution >= 0.6 is 27.5 Å². The molecule has 158 valence electrons. The number of hydrogen-bond donors (Lipinski definition) is 1. The molecular weight excluding hydrogens is 486 g/mol. The maximum Gasteiger partial charge on any atom is 0.272 e. The fourth-order valence-electron chi connectivity index (χ4n) is 2.65. The van der Waals surface area contributed by atoms with E-state index in [0.717, 1.165) is 15.6 Å². The van der Waals surface area contributed by atoms with E-state index in [1.54, 1.807) is 42.5 Å². The summed E-state index contributed by atoms with van der Waals surface area (Å²) in [4.78, 5) is 22.6. The van der Waals surface area contributed by atoms with Crippen LogP contribution in [0.25, 0.3) is 0 Å². The van der Waals surface area contributed by atoms with E-state index in [0.29, 0.717) is 21.9 Å². The number of amides is 1. The van der Waals surface area contributed by atoms with Gasteiger partial charge in [0.1, 0.15) is 12.4 Å². The zero-order valence-electron chi connectivity index (χ0n) is 16.3. The van der Waals surface area contributed by atoms with Crippen molar-refractivity contribution in [2.45, 2.75) is 13.5 Å². The van der Waals surface area contributed by atoms with Gasteiger partial charge in [-0.2, -0.15) is 5.10 Å². The van der Waals surface area contributed by atoms with Crippen molar-refractivity contribution in [3.8, 4) is 5.75 Å². The molecule has 3 aromatic carbocycles. The van der Waals surface area contributed by atoms with Gasteiger partial charge >= 0.3 is 0 Å². The van der Waals surface area contributed by atoms with Crippen molar-refractivity contribution in [1.29, 1.82) is 0 Å². The van der Waals surface area contributed by atoms with Gasteiger partial charge in [0.05, 0.1) is 21.7 Å². The van der Waals surface area contributed by atoms with E-state index in [9.17, 15) is 14.9 Å². The van der Waals surface area contributed by atoms with E-state index in [1.807, 2.05) is 13.0 Å². The molecule has 0 aromatic heterocycles. The van der Waals surface area contributed by atoms with E-state index in [2.05, 4.69) is 26.5 Å². The Kier molecular flexibility index (Phi) is 7.38. The van der Waals surface area contributed by atoms with Gasteiger partial charge in [0.25, 0.3) is 11.6 Å². The molecule has 0 saturated carbocycles. The lowest BCUT2D eigenvalue weighted by molar-refractivity contribution is -0.384. The highest BCUT2D eigenvalue weighted by atomic mass is 79.9. The average molecular weight is 503 g/mol. The number of benzene rings is 3. The second kappa shape index (κ2) is 10.2. The van der Waals surface area contributed by atoms with Crippen LogP contribution in [-0.4, -0.2) is 17.0 Å². The van der Waals surface area contributed by atoms with Gasteiger partial charge in [0.15, 0.2) is 0 Å². The van der Waals surface area contributed by atoms with Gasteiger partial charge in [0.2, 0.25) is 0 Å². The highest BCUT2D eigenvalue weighted by molar-refractivity contribution is 9.10. The number of nitro groups is 1. The molecule has 0 radical (unpaired) electrons. The van der Waals surface area contributed by atoms with Crippen LogP contribution in [0.3, 0.4) is 0 Å². The van der Waals surface area contributed by atoms with Crippen LogP contribution < -0.4 is 10.2 Å². The van der Waals surface area contributed by atoms with Crippen LogP contribution in [0.2, 0.25) is 5.02 Å².